The van der Waals surface area contributed by atoms with Gasteiger partial charge in [0.1, 0.15) is 5.76 Å². The zero-order valence-corrected chi connectivity index (χ0v) is 12.4. The van der Waals surface area contributed by atoms with E-state index in [4.69, 9.17) is 10.3 Å². The molecule has 8 nitrogen and oxygen atoms in total. The Balaban J connectivity index is 1.84. The van der Waals surface area contributed by atoms with Crippen LogP contribution in [-0.2, 0) is 16.4 Å². The van der Waals surface area contributed by atoms with Crippen molar-refractivity contribution < 1.29 is 12.8 Å². The van der Waals surface area contributed by atoms with E-state index in [0.717, 1.165) is 0 Å². The first-order valence-electron chi connectivity index (χ1n) is 6.06. The summed E-state index contributed by atoms with van der Waals surface area (Å²) in [5.74, 6) is 6.18. The van der Waals surface area contributed by atoms with Crippen LogP contribution in [0.4, 0.5) is 5.82 Å². The van der Waals surface area contributed by atoms with Crippen molar-refractivity contribution in [1.82, 2.24) is 14.1 Å². The SMILES string of the molecule is NNc1nc2sccn2c1S(=O)(=O)NCCc1ccco1. The lowest BCUT2D eigenvalue weighted by Crippen LogP contribution is -2.28. The molecule has 0 fully saturated rings. The Bertz CT molecular complexity index is 835. The van der Waals surface area contributed by atoms with Crippen LogP contribution in [0.1, 0.15) is 5.76 Å². The van der Waals surface area contributed by atoms with Crippen LogP contribution in [0, 0.1) is 0 Å². The minimum absolute atomic E-state index is 0.000643. The molecule has 0 unspecified atom stereocenters. The number of nitrogens with one attached hydrogen (secondary N) is 2. The molecule has 0 bridgehead atoms. The maximum absolute atomic E-state index is 12.4. The molecule has 0 amide bonds. The lowest BCUT2D eigenvalue weighted by atomic mass is 10.3. The fourth-order valence-electron chi connectivity index (χ4n) is 1.95. The Kier molecular flexibility index (Phi) is 3.68. The lowest BCUT2D eigenvalue weighted by molar-refractivity contribution is 0.505. The number of hydrazine groups is 1. The molecule has 0 aliphatic carbocycles. The van der Waals surface area contributed by atoms with Crippen LogP contribution in [0.3, 0.4) is 0 Å². The van der Waals surface area contributed by atoms with Crippen molar-refractivity contribution in [2.45, 2.75) is 11.4 Å². The largest absolute Gasteiger partial charge is 0.469 e. The van der Waals surface area contributed by atoms with Crippen LogP contribution in [0.15, 0.2) is 39.4 Å². The third-order valence-corrected chi connectivity index (χ3v) is 5.09. The molecular weight excluding hydrogens is 314 g/mol. The standard InChI is InChI=1S/C11H13N5O3S2/c12-15-9-10(16-5-7-20-11(16)14-9)21(17,18)13-4-3-8-2-1-6-19-8/h1-2,5-7,13,15H,3-4,12H2. The summed E-state index contributed by atoms with van der Waals surface area (Å²) in [5, 5.41) is 1.76. The maximum atomic E-state index is 12.4. The fraction of sp³-hybridized carbons (Fsp3) is 0.182. The second-order valence-electron chi connectivity index (χ2n) is 4.19. The highest BCUT2D eigenvalue weighted by Crippen LogP contribution is 2.24. The molecule has 3 heterocycles. The van der Waals surface area contributed by atoms with Crippen LogP contribution < -0.4 is 16.0 Å². The number of rotatable bonds is 6. The first-order chi connectivity index (χ1) is 10.1. The molecule has 0 aliphatic heterocycles. The zero-order chi connectivity index (χ0) is 14.9. The van der Waals surface area contributed by atoms with E-state index >= 15 is 0 Å². The summed E-state index contributed by atoms with van der Waals surface area (Å²) in [4.78, 5) is 4.67. The number of aromatic nitrogens is 2. The second kappa shape index (κ2) is 5.48. The van der Waals surface area contributed by atoms with E-state index in [0.29, 0.717) is 17.1 Å². The molecule has 0 aliphatic rings. The van der Waals surface area contributed by atoms with Crippen molar-refractivity contribution in [3.63, 3.8) is 0 Å². The number of anilines is 1. The maximum Gasteiger partial charge on any atom is 0.260 e. The van der Waals surface area contributed by atoms with E-state index in [1.807, 2.05) is 0 Å². The molecular formula is C11H13N5O3S2. The molecule has 3 aromatic heterocycles. The third-order valence-electron chi connectivity index (χ3n) is 2.85. The van der Waals surface area contributed by atoms with Crippen molar-refractivity contribution >= 4 is 32.1 Å². The summed E-state index contributed by atoms with van der Waals surface area (Å²) in [7, 11) is -3.74. The molecule has 3 rings (SSSR count). The number of nitrogens with two attached hydrogens (primary N) is 1. The summed E-state index contributed by atoms with van der Waals surface area (Å²) in [6, 6.07) is 3.54. The summed E-state index contributed by atoms with van der Waals surface area (Å²) >= 11 is 1.32. The van der Waals surface area contributed by atoms with Gasteiger partial charge in [0.15, 0.2) is 10.8 Å². The first kappa shape index (κ1) is 14.1. The van der Waals surface area contributed by atoms with Gasteiger partial charge in [-0.1, -0.05) is 0 Å². The minimum atomic E-state index is -3.74. The highest BCUT2D eigenvalue weighted by Gasteiger charge is 2.25. The van der Waals surface area contributed by atoms with Gasteiger partial charge in [-0.3, -0.25) is 4.40 Å². The molecule has 112 valence electrons. The van der Waals surface area contributed by atoms with Crippen LogP contribution in [-0.4, -0.2) is 24.3 Å². The Hall–Kier alpha value is -1.88. The van der Waals surface area contributed by atoms with Crippen molar-refractivity contribution in [2.24, 2.45) is 5.84 Å². The van der Waals surface area contributed by atoms with Crippen LogP contribution in [0.2, 0.25) is 0 Å². The summed E-state index contributed by atoms with van der Waals surface area (Å²) in [5.41, 5.74) is 2.32. The van der Waals surface area contributed by atoms with Gasteiger partial charge >= 0.3 is 0 Å². The zero-order valence-electron chi connectivity index (χ0n) is 10.8. The van der Waals surface area contributed by atoms with Gasteiger partial charge in [0.05, 0.1) is 6.26 Å². The normalized spacial score (nSPS) is 12.0. The Morgan fingerprint density at radius 2 is 2.33 bits per heavy atom. The molecule has 4 N–H and O–H groups in total. The third kappa shape index (κ3) is 2.65. The Morgan fingerprint density at radius 1 is 1.48 bits per heavy atom. The minimum Gasteiger partial charge on any atom is -0.469 e. The number of hydrogen-bond donors (Lipinski definition) is 3. The molecule has 0 spiro atoms. The van der Waals surface area contributed by atoms with E-state index in [1.165, 1.54) is 15.7 Å². The Morgan fingerprint density at radius 3 is 3.05 bits per heavy atom. The van der Waals surface area contributed by atoms with Crippen LogP contribution in [0.5, 0.6) is 0 Å². The Labute approximate surface area is 124 Å². The molecule has 3 aromatic rings. The number of hydrogen-bond acceptors (Lipinski definition) is 7. The number of nitrogens with zero attached hydrogens (tertiary/aromatic N) is 2. The van der Waals surface area contributed by atoms with E-state index < -0.39 is 10.0 Å². The van der Waals surface area contributed by atoms with Gasteiger partial charge < -0.3 is 9.84 Å². The van der Waals surface area contributed by atoms with Gasteiger partial charge in [-0.25, -0.2) is 19.0 Å². The van der Waals surface area contributed by atoms with E-state index in [1.54, 1.807) is 30.0 Å². The molecule has 0 aromatic carbocycles. The number of nitrogen functional groups attached to an aromatic ring is 1. The number of furan rings is 1. The first-order valence-corrected chi connectivity index (χ1v) is 8.42. The number of thiazole rings is 1. The molecule has 21 heavy (non-hydrogen) atoms. The highest BCUT2D eigenvalue weighted by atomic mass is 32.2. The summed E-state index contributed by atoms with van der Waals surface area (Å²) < 4.78 is 34.0. The van der Waals surface area contributed by atoms with Gasteiger partial charge in [-0.2, -0.15) is 4.98 Å². The highest BCUT2D eigenvalue weighted by molar-refractivity contribution is 7.89. The summed E-state index contributed by atoms with van der Waals surface area (Å²) in [6.45, 7) is 0.219. The van der Waals surface area contributed by atoms with Gasteiger partial charge in [0.2, 0.25) is 5.03 Å². The summed E-state index contributed by atoms with van der Waals surface area (Å²) in [6.07, 6.45) is 3.64. The monoisotopic (exact) mass is 327 g/mol. The number of fused-ring (bicyclic) bond motifs is 1. The van der Waals surface area contributed by atoms with Crippen molar-refractivity contribution in [2.75, 3.05) is 12.0 Å². The van der Waals surface area contributed by atoms with Gasteiger partial charge in [0.25, 0.3) is 10.0 Å². The second-order valence-corrected chi connectivity index (χ2v) is 6.75. The average molecular weight is 327 g/mol. The van der Waals surface area contributed by atoms with Crippen molar-refractivity contribution in [1.29, 1.82) is 0 Å². The van der Waals surface area contributed by atoms with Gasteiger partial charge in [0, 0.05) is 24.5 Å². The average Bonchev–Trinajstić information content (AvgIpc) is 3.13. The van der Waals surface area contributed by atoms with E-state index in [2.05, 4.69) is 15.1 Å². The van der Waals surface area contributed by atoms with Crippen molar-refractivity contribution in [3.8, 4) is 0 Å². The predicted octanol–water partition coefficient (Wildman–Crippen LogP) is 0.795. The predicted molar refractivity (Wildman–Crippen MR) is 78.5 cm³/mol. The van der Waals surface area contributed by atoms with E-state index in [9.17, 15) is 8.42 Å². The fourth-order valence-corrected chi connectivity index (χ4v) is 3.99. The molecule has 0 radical (unpaired) electrons. The van der Waals surface area contributed by atoms with Crippen molar-refractivity contribution in [3.05, 3.63) is 35.7 Å². The molecule has 0 atom stereocenters. The topological polar surface area (TPSA) is 115 Å². The van der Waals surface area contributed by atoms with Gasteiger partial charge in [-0.05, 0) is 12.1 Å². The smallest absolute Gasteiger partial charge is 0.260 e. The quantitative estimate of drug-likeness (QED) is 0.455. The number of sulfonamides is 1. The van der Waals surface area contributed by atoms with Gasteiger partial charge in [-0.15, -0.1) is 11.3 Å². The molecule has 10 heteroatoms. The van der Waals surface area contributed by atoms with E-state index in [-0.39, 0.29) is 17.4 Å². The van der Waals surface area contributed by atoms with Crippen LogP contribution >= 0.6 is 11.3 Å². The number of imidazole rings is 1. The lowest BCUT2D eigenvalue weighted by Gasteiger charge is -2.06. The molecule has 0 saturated carbocycles. The van der Waals surface area contributed by atoms with Crippen LogP contribution in [0.25, 0.3) is 4.96 Å². The molecule has 0 saturated heterocycles.